The van der Waals surface area contributed by atoms with Gasteiger partial charge in [-0.15, -0.1) is 11.3 Å². The van der Waals surface area contributed by atoms with Crippen molar-refractivity contribution in [3.05, 3.63) is 121 Å². The van der Waals surface area contributed by atoms with E-state index < -0.39 is 11.7 Å². The van der Waals surface area contributed by atoms with Gasteiger partial charge in [0.05, 0.1) is 11.3 Å². The molecule has 6 heteroatoms. The number of hydrogen-bond donors (Lipinski definition) is 0. The molecule has 0 saturated carbocycles. The number of fused-ring (bicyclic) bond motifs is 4. The highest BCUT2D eigenvalue weighted by Gasteiger charge is 2.31. The number of benzene rings is 4. The van der Waals surface area contributed by atoms with Crippen molar-refractivity contribution in [2.45, 2.75) is 19.5 Å². The van der Waals surface area contributed by atoms with Crippen molar-refractivity contribution in [1.29, 1.82) is 0 Å². The molecular weight excluding hydrogens is 537 g/mol. The lowest BCUT2D eigenvalue weighted by molar-refractivity contribution is -0.137. The molecule has 0 aliphatic heterocycles. The van der Waals surface area contributed by atoms with Crippen LogP contribution < -0.4 is 0 Å². The van der Waals surface area contributed by atoms with Gasteiger partial charge in [-0.2, -0.15) is 13.2 Å². The van der Waals surface area contributed by atoms with Gasteiger partial charge in [-0.05, 0) is 94.0 Å². The molecule has 2 nitrogen and oxygen atoms in total. The summed E-state index contributed by atoms with van der Waals surface area (Å²) in [7, 11) is 0. The molecule has 0 aliphatic carbocycles. The number of thiophene rings is 1. The molecule has 3 heterocycles. The third kappa shape index (κ3) is 4.74. The van der Waals surface area contributed by atoms with Crippen LogP contribution in [0.25, 0.3) is 64.6 Å². The molecule has 0 spiro atoms. The number of aromatic nitrogens is 2. The molecule has 0 bridgehead atoms. The summed E-state index contributed by atoms with van der Waals surface area (Å²) in [5, 5.41) is 4.31. The SMILES string of the molecule is CCc1cc(-c2ccc3ccc(-c4ccc(-c5ccc6sc7ncccc7c6c5)nc4)cc3c2)cc(C(F)(F)F)c1. The predicted octanol–water partition coefficient (Wildman–Crippen LogP) is 10.6. The van der Waals surface area contributed by atoms with Crippen molar-refractivity contribution >= 4 is 42.4 Å². The van der Waals surface area contributed by atoms with E-state index in [9.17, 15) is 13.2 Å². The molecule has 0 N–H and O–H groups in total. The average Bonchev–Trinajstić information content (AvgIpc) is 3.38. The van der Waals surface area contributed by atoms with Crippen molar-refractivity contribution < 1.29 is 13.2 Å². The number of aryl methyl sites for hydroxylation is 1. The molecule has 41 heavy (non-hydrogen) atoms. The van der Waals surface area contributed by atoms with Crippen LogP contribution in [0.3, 0.4) is 0 Å². The molecule has 0 atom stereocenters. The first-order chi connectivity index (χ1) is 19.9. The molecular formula is C35H23F3N2S. The van der Waals surface area contributed by atoms with Crippen molar-refractivity contribution in [3.63, 3.8) is 0 Å². The molecule has 0 radical (unpaired) electrons. The number of hydrogen-bond acceptors (Lipinski definition) is 3. The predicted molar refractivity (Wildman–Crippen MR) is 163 cm³/mol. The molecule has 3 aromatic heterocycles. The van der Waals surface area contributed by atoms with E-state index in [1.165, 1.54) is 22.2 Å². The largest absolute Gasteiger partial charge is 0.416 e. The Hall–Kier alpha value is -4.55. The van der Waals surface area contributed by atoms with Crippen molar-refractivity contribution in [2.75, 3.05) is 0 Å². The van der Waals surface area contributed by atoms with Gasteiger partial charge in [-0.3, -0.25) is 4.98 Å². The van der Waals surface area contributed by atoms with Crippen molar-refractivity contribution in [2.24, 2.45) is 0 Å². The van der Waals surface area contributed by atoms with Crippen LogP contribution in [0.1, 0.15) is 18.1 Å². The molecule has 7 aromatic rings. The number of pyridine rings is 2. The van der Waals surface area contributed by atoms with E-state index in [0.717, 1.165) is 48.9 Å². The Kier molecular flexibility index (Phi) is 6.09. The Labute approximate surface area is 238 Å². The van der Waals surface area contributed by atoms with E-state index in [1.807, 2.05) is 61.8 Å². The molecule has 0 saturated heterocycles. The van der Waals surface area contributed by atoms with Gasteiger partial charge in [0.1, 0.15) is 4.83 Å². The first-order valence-electron chi connectivity index (χ1n) is 13.4. The first-order valence-corrected chi connectivity index (χ1v) is 14.2. The van der Waals surface area contributed by atoms with E-state index in [-0.39, 0.29) is 0 Å². The lowest BCUT2D eigenvalue weighted by Gasteiger charge is -2.13. The highest BCUT2D eigenvalue weighted by molar-refractivity contribution is 7.25. The second-order valence-corrected chi connectivity index (χ2v) is 11.2. The Balaban J connectivity index is 1.23. The van der Waals surface area contributed by atoms with E-state index in [0.29, 0.717) is 17.5 Å². The van der Waals surface area contributed by atoms with Crippen molar-refractivity contribution in [3.8, 4) is 33.5 Å². The summed E-state index contributed by atoms with van der Waals surface area (Å²) in [6.45, 7) is 1.87. The quantitative estimate of drug-likeness (QED) is 0.214. The van der Waals surface area contributed by atoms with E-state index in [4.69, 9.17) is 4.98 Å². The van der Waals surface area contributed by atoms with Gasteiger partial charge >= 0.3 is 6.18 Å². The molecule has 0 aliphatic rings. The summed E-state index contributed by atoms with van der Waals surface area (Å²) in [6.07, 6.45) is -0.158. The van der Waals surface area contributed by atoms with Crippen LogP contribution in [0.4, 0.5) is 13.2 Å². The first kappa shape index (κ1) is 25.4. The van der Waals surface area contributed by atoms with Crippen LogP contribution in [0.5, 0.6) is 0 Å². The van der Waals surface area contributed by atoms with Gasteiger partial charge in [0.25, 0.3) is 0 Å². The Morgan fingerprint density at radius 3 is 2.15 bits per heavy atom. The van der Waals surface area contributed by atoms with Crippen molar-refractivity contribution in [1.82, 2.24) is 9.97 Å². The van der Waals surface area contributed by atoms with Crippen LogP contribution in [0.15, 0.2) is 109 Å². The van der Waals surface area contributed by atoms with Crippen LogP contribution in [-0.4, -0.2) is 9.97 Å². The third-order valence-electron chi connectivity index (χ3n) is 7.54. The molecule has 0 unspecified atom stereocenters. The standard InChI is InChI=1S/C35H23F3N2S/c1-2-21-14-27(18-29(15-21)35(36,37)38)24-8-6-22-5-7-23(16-28(22)17-24)26-9-11-32(40-20-26)25-10-12-33-31(19-25)30-4-3-13-39-34(30)41-33/h3-20H,2H2,1H3. The zero-order valence-electron chi connectivity index (χ0n) is 22.0. The number of halogens is 3. The fourth-order valence-electron chi connectivity index (χ4n) is 5.34. The highest BCUT2D eigenvalue weighted by atomic mass is 32.1. The number of rotatable bonds is 4. The maximum absolute atomic E-state index is 13.5. The third-order valence-corrected chi connectivity index (χ3v) is 8.64. The minimum atomic E-state index is -4.39. The van der Waals surface area contributed by atoms with E-state index >= 15 is 0 Å². The van der Waals surface area contributed by atoms with Gasteiger partial charge in [-0.25, -0.2) is 4.98 Å². The molecule has 7 rings (SSSR count). The topological polar surface area (TPSA) is 25.8 Å². The number of alkyl halides is 3. The zero-order valence-corrected chi connectivity index (χ0v) is 22.9. The second-order valence-electron chi connectivity index (χ2n) is 10.1. The summed E-state index contributed by atoms with van der Waals surface area (Å²) in [5.41, 5.74) is 5.28. The van der Waals surface area contributed by atoms with Crippen LogP contribution in [-0.2, 0) is 12.6 Å². The molecule has 4 aromatic carbocycles. The zero-order chi connectivity index (χ0) is 28.1. The highest BCUT2D eigenvalue weighted by Crippen LogP contribution is 2.37. The summed E-state index contributed by atoms with van der Waals surface area (Å²) >= 11 is 1.69. The molecule has 0 amide bonds. The maximum atomic E-state index is 13.5. The van der Waals surface area contributed by atoms with E-state index in [1.54, 1.807) is 11.3 Å². The van der Waals surface area contributed by atoms with Gasteiger partial charge in [-0.1, -0.05) is 49.4 Å². The van der Waals surface area contributed by atoms with Gasteiger partial charge in [0.15, 0.2) is 0 Å². The molecule has 0 fully saturated rings. The fourth-order valence-corrected chi connectivity index (χ4v) is 6.36. The normalized spacial score (nSPS) is 12.0. The number of nitrogens with zero attached hydrogens (tertiary/aromatic N) is 2. The molecule has 200 valence electrons. The maximum Gasteiger partial charge on any atom is 0.416 e. The fraction of sp³-hybridized carbons (Fsp3) is 0.0857. The minimum Gasteiger partial charge on any atom is -0.256 e. The van der Waals surface area contributed by atoms with Gasteiger partial charge < -0.3 is 0 Å². The summed E-state index contributed by atoms with van der Waals surface area (Å²) in [5.74, 6) is 0. The second kappa shape index (κ2) is 9.82. The Bertz CT molecular complexity index is 2080. The Morgan fingerprint density at radius 2 is 1.41 bits per heavy atom. The van der Waals surface area contributed by atoms with Gasteiger partial charge in [0, 0.05) is 39.0 Å². The minimum absolute atomic E-state index is 0.534. The van der Waals surface area contributed by atoms with E-state index in [2.05, 4.69) is 47.4 Å². The smallest absolute Gasteiger partial charge is 0.256 e. The lowest BCUT2D eigenvalue weighted by Crippen LogP contribution is -2.06. The van der Waals surface area contributed by atoms with Gasteiger partial charge in [0.2, 0.25) is 0 Å². The summed E-state index contributed by atoms with van der Waals surface area (Å²) in [4.78, 5) is 10.3. The summed E-state index contributed by atoms with van der Waals surface area (Å²) in [6, 6.07) is 30.8. The monoisotopic (exact) mass is 560 g/mol. The Morgan fingerprint density at radius 1 is 0.659 bits per heavy atom. The average molecular weight is 561 g/mol. The van der Waals surface area contributed by atoms with Crippen LogP contribution in [0, 0.1) is 0 Å². The van der Waals surface area contributed by atoms with Crippen LogP contribution in [0.2, 0.25) is 0 Å². The van der Waals surface area contributed by atoms with Crippen LogP contribution >= 0.6 is 11.3 Å². The summed E-state index contributed by atoms with van der Waals surface area (Å²) < 4.78 is 41.8. The lowest BCUT2D eigenvalue weighted by atomic mass is 9.95.